The van der Waals surface area contributed by atoms with Crippen LogP contribution in [0.4, 0.5) is 0 Å². The minimum Gasteiger partial charge on any atom is -0.330 e. The van der Waals surface area contributed by atoms with Crippen LogP contribution in [-0.4, -0.2) is 6.54 Å². The van der Waals surface area contributed by atoms with Crippen LogP contribution in [0.5, 0.6) is 0 Å². The van der Waals surface area contributed by atoms with E-state index in [4.69, 9.17) is 5.73 Å². The maximum atomic E-state index is 5.70. The molecular formula is C10H21N. The molecule has 0 radical (unpaired) electrons. The van der Waals surface area contributed by atoms with Gasteiger partial charge in [0.2, 0.25) is 0 Å². The Balaban J connectivity index is 2.66. The summed E-state index contributed by atoms with van der Waals surface area (Å²) in [5, 5.41) is 0. The van der Waals surface area contributed by atoms with E-state index in [1.807, 2.05) is 0 Å². The minimum atomic E-state index is 0.438. The fraction of sp³-hybridized carbons (Fsp3) is 1.00. The fourth-order valence-electron chi connectivity index (χ4n) is 2.90. The van der Waals surface area contributed by atoms with Crippen LogP contribution < -0.4 is 5.73 Å². The predicted molar refractivity (Wildman–Crippen MR) is 49.3 cm³/mol. The van der Waals surface area contributed by atoms with Crippen molar-refractivity contribution < 1.29 is 0 Å². The second-order valence-electron chi connectivity index (χ2n) is 5.51. The average Bonchev–Trinajstić information content (AvgIpc) is 2.31. The number of hydrogen-bond acceptors (Lipinski definition) is 1. The van der Waals surface area contributed by atoms with Crippen molar-refractivity contribution in [3.63, 3.8) is 0 Å². The van der Waals surface area contributed by atoms with Crippen LogP contribution in [0.15, 0.2) is 0 Å². The fourth-order valence-corrected chi connectivity index (χ4v) is 2.90. The summed E-state index contributed by atoms with van der Waals surface area (Å²) in [5.41, 5.74) is 6.63. The Bertz CT molecular complexity index is 153. The van der Waals surface area contributed by atoms with E-state index in [-0.39, 0.29) is 0 Å². The highest BCUT2D eigenvalue weighted by atomic mass is 14.7. The molecule has 0 aromatic rings. The minimum absolute atomic E-state index is 0.438. The molecule has 0 aliphatic heterocycles. The average molecular weight is 155 g/mol. The van der Waals surface area contributed by atoms with Gasteiger partial charge in [0.1, 0.15) is 0 Å². The van der Waals surface area contributed by atoms with Gasteiger partial charge >= 0.3 is 0 Å². The molecule has 1 saturated carbocycles. The van der Waals surface area contributed by atoms with Crippen LogP contribution in [0.1, 0.15) is 34.6 Å². The first-order valence-electron chi connectivity index (χ1n) is 4.52. The molecule has 1 nitrogen and oxygen atoms in total. The second kappa shape index (κ2) is 2.22. The number of rotatable bonds is 1. The summed E-state index contributed by atoms with van der Waals surface area (Å²) in [6.45, 7) is 12.5. The highest BCUT2D eigenvalue weighted by Crippen LogP contribution is 2.64. The lowest BCUT2D eigenvalue weighted by molar-refractivity contribution is 0.296. The first-order chi connectivity index (χ1) is 4.81. The van der Waals surface area contributed by atoms with E-state index < -0.39 is 0 Å². The summed E-state index contributed by atoms with van der Waals surface area (Å²) < 4.78 is 0. The van der Waals surface area contributed by atoms with Crippen molar-refractivity contribution in [2.75, 3.05) is 6.54 Å². The Morgan fingerprint density at radius 1 is 1.27 bits per heavy atom. The van der Waals surface area contributed by atoms with Gasteiger partial charge in [-0.15, -0.1) is 0 Å². The second-order valence-corrected chi connectivity index (χ2v) is 5.51. The van der Waals surface area contributed by atoms with Gasteiger partial charge in [-0.2, -0.15) is 0 Å². The van der Waals surface area contributed by atoms with E-state index >= 15 is 0 Å². The highest BCUT2D eigenvalue weighted by Gasteiger charge is 2.60. The molecule has 66 valence electrons. The monoisotopic (exact) mass is 155 g/mol. The van der Waals surface area contributed by atoms with Gasteiger partial charge < -0.3 is 5.73 Å². The lowest BCUT2D eigenvalue weighted by atomic mass is 9.85. The summed E-state index contributed by atoms with van der Waals surface area (Å²) in [6.07, 6.45) is 0. The van der Waals surface area contributed by atoms with E-state index in [9.17, 15) is 0 Å². The van der Waals surface area contributed by atoms with Gasteiger partial charge in [-0.1, -0.05) is 34.6 Å². The standard InChI is InChI=1S/C10H21N/c1-9(2,3)8-7(6-11)10(8,4)5/h7-8H,6,11H2,1-5H3. The van der Waals surface area contributed by atoms with Gasteiger partial charge in [-0.05, 0) is 29.2 Å². The van der Waals surface area contributed by atoms with Crippen LogP contribution in [0, 0.1) is 22.7 Å². The Morgan fingerprint density at radius 2 is 1.73 bits per heavy atom. The maximum absolute atomic E-state index is 5.70. The number of nitrogens with two attached hydrogens (primary N) is 1. The van der Waals surface area contributed by atoms with Crippen molar-refractivity contribution in [2.24, 2.45) is 28.4 Å². The van der Waals surface area contributed by atoms with Gasteiger partial charge in [-0.25, -0.2) is 0 Å². The van der Waals surface area contributed by atoms with Crippen molar-refractivity contribution >= 4 is 0 Å². The summed E-state index contributed by atoms with van der Waals surface area (Å²) >= 11 is 0. The van der Waals surface area contributed by atoms with Crippen LogP contribution in [0.2, 0.25) is 0 Å². The smallest absolute Gasteiger partial charge is 0.00406 e. The van der Waals surface area contributed by atoms with Gasteiger partial charge in [0.05, 0.1) is 0 Å². The van der Waals surface area contributed by atoms with Crippen LogP contribution in [0.25, 0.3) is 0 Å². The topological polar surface area (TPSA) is 26.0 Å². The van der Waals surface area contributed by atoms with E-state index in [2.05, 4.69) is 34.6 Å². The zero-order valence-corrected chi connectivity index (χ0v) is 8.44. The zero-order valence-electron chi connectivity index (χ0n) is 8.44. The van der Waals surface area contributed by atoms with Crippen molar-refractivity contribution in [3.05, 3.63) is 0 Å². The molecule has 1 heteroatoms. The third kappa shape index (κ3) is 1.31. The normalized spacial score (nSPS) is 35.5. The molecule has 0 saturated heterocycles. The van der Waals surface area contributed by atoms with Gasteiger partial charge in [-0.3, -0.25) is 0 Å². The Hall–Kier alpha value is -0.0400. The summed E-state index contributed by atoms with van der Waals surface area (Å²) in [6, 6.07) is 0. The summed E-state index contributed by atoms with van der Waals surface area (Å²) in [4.78, 5) is 0. The van der Waals surface area contributed by atoms with Crippen molar-refractivity contribution in [3.8, 4) is 0 Å². The highest BCUT2D eigenvalue weighted by molar-refractivity contribution is 5.09. The van der Waals surface area contributed by atoms with Crippen molar-refractivity contribution in [1.29, 1.82) is 0 Å². The molecule has 0 amide bonds. The molecule has 0 spiro atoms. The molecule has 1 aliphatic carbocycles. The molecule has 1 rings (SSSR count). The lowest BCUT2D eigenvalue weighted by Gasteiger charge is -2.20. The van der Waals surface area contributed by atoms with Crippen molar-refractivity contribution in [2.45, 2.75) is 34.6 Å². The molecule has 0 aromatic carbocycles. The Morgan fingerprint density at radius 3 is 1.82 bits per heavy atom. The predicted octanol–water partition coefficient (Wildman–Crippen LogP) is 2.26. The third-order valence-electron chi connectivity index (χ3n) is 3.24. The third-order valence-corrected chi connectivity index (χ3v) is 3.24. The van der Waals surface area contributed by atoms with Crippen LogP contribution in [0.3, 0.4) is 0 Å². The summed E-state index contributed by atoms with van der Waals surface area (Å²) in [5.74, 6) is 1.57. The molecular weight excluding hydrogens is 134 g/mol. The number of hydrogen-bond donors (Lipinski definition) is 1. The Kier molecular flexibility index (Phi) is 1.83. The lowest BCUT2D eigenvalue weighted by Crippen LogP contribution is -2.13. The van der Waals surface area contributed by atoms with Crippen LogP contribution >= 0.6 is 0 Å². The van der Waals surface area contributed by atoms with E-state index in [0.29, 0.717) is 10.8 Å². The first-order valence-corrected chi connectivity index (χ1v) is 4.52. The molecule has 2 N–H and O–H groups in total. The van der Waals surface area contributed by atoms with Gasteiger partial charge in [0, 0.05) is 0 Å². The molecule has 0 heterocycles. The molecule has 1 aliphatic rings. The quantitative estimate of drug-likeness (QED) is 0.617. The molecule has 2 unspecified atom stereocenters. The summed E-state index contributed by atoms with van der Waals surface area (Å²) in [7, 11) is 0. The molecule has 0 aromatic heterocycles. The SMILES string of the molecule is CC(C)(C)C1C(CN)C1(C)C. The van der Waals surface area contributed by atoms with Crippen LogP contribution in [-0.2, 0) is 0 Å². The zero-order chi connectivity index (χ0) is 8.86. The van der Waals surface area contributed by atoms with E-state index in [1.165, 1.54) is 0 Å². The van der Waals surface area contributed by atoms with E-state index in [0.717, 1.165) is 18.4 Å². The Labute approximate surface area is 70.4 Å². The van der Waals surface area contributed by atoms with Crippen molar-refractivity contribution in [1.82, 2.24) is 0 Å². The first kappa shape index (κ1) is 9.05. The largest absolute Gasteiger partial charge is 0.330 e. The molecule has 0 bridgehead atoms. The molecule has 11 heavy (non-hydrogen) atoms. The van der Waals surface area contributed by atoms with Gasteiger partial charge in [0.25, 0.3) is 0 Å². The maximum Gasteiger partial charge on any atom is -0.00406 e. The molecule has 1 fully saturated rings. The molecule has 2 atom stereocenters. The van der Waals surface area contributed by atoms with Gasteiger partial charge in [0.15, 0.2) is 0 Å². The van der Waals surface area contributed by atoms with E-state index in [1.54, 1.807) is 0 Å².